The predicted octanol–water partition coefficient (Wildman–Crippen LogP) is 9.92. The molecular weight excluding hydrogens is 580 g/mol. The number of esters is 3. The maximum absolute atomic E-state index is 12.6. The lowest BCUT2D eigenvalue weighted by atomic mass is 9.99. The van der Waals surface area contributed by atoms with Crippen molar-refractivity contribution in [3.8, 4) is 0 Å². The lowest BCUT2D eigenvalue weighted by molar-refractivity contribution is -0.150. The molecule has 266 valence electrons. The molecule has 0 spiro atoms. The largest absolute Gasteiger partial charge is 0.466 e. The molecule has 46 heavy (non-hydrogen) atoms. The maximum atomic E-state index is 12.6. The Labute approximate surface area is 281 Å². The number of aromatic nitrogens is 2. The summed E-state index contributed by atoms with van der Waals surface area (Å²) in [6.07, 6.45) is 28.4. The number of nitrogens with zero attached hydrogens (tertiary/aromatic N) is 2. The van der Waals surface area contributed by atoms with E-state index in [2.05, 4.69) is 25.8 Å². The van der Waals surface area contributed by atoms with Gasteiger partial charge in [0.2, 0.25) is 0 Å². The normalized spacial score (nSPS) is 12.5. The van der Waals surface area contributed by atoms with Crippen LogP contribution in [0, 0.1) is 5.92 Å². The summed E-state index contributed by atoms with van der Waals surface area (Å²) in [5.41, 5.74) is 0. The average Bonchev–Trinajstić information content (AvgIpc) is 3.57. The molecule has 0 aliphatic carbocycles. The van der Waals surface area contributed by atoms with Gasteiger partial charge in [0.15, 0.2) is 0 Å². The molecule has 0 N–H and O–H groups in total. The number of ether oxygens (including phenoxy) is 3. The van der Waals surface area contributed by atoms with E-state index in [0.29, 0.717) is 38.4 Å². The van der Waals surface area contributed by atoms with Gasteiger partial charge in [-0.1, -0.05) is 91.4 Å². The molecule has 8 heteroatoms. The first-order valence-electron chi connectivity index (χ1n) is 18.9. The Morgan fingerprint density at radius 1 is 0.609 bits per heavy atom. The molecule has 1 aromatic heterocycles. The van der Waals surface area contributed by atoms with Crippen molar-refractivity contribution in [1.29, 1.82) is 0 Å². The van der Waals surface area contributed by atoms with Crippen LogP contribution in [0.15, 0.2) is 18.7 Å². The summed E-state index contributed by atoms with van der Waals surface area (Å²) in [6, 6.07) is 0. The van der Waals surface area contributed by atoms with Crippen LogP contribution in [-0.4, -0.2) is 46.8 Å². The second-order valence-electron chi connectivity index (χ2n) is 13.2. The van der Waals surface area contributed by atoms with Crippen LogP contribution in [0.5, 0.6) is 0 Å². The van der Waals surface area contributed by atoms with E-state index in [4.69, 9.17) is 14.2 Å². The number of aryl methyl sites for hydroxylation is 1. The summed E-state index contributed by atoms with van der Waals surface area (Å²) in [5.74, 6) is 0.333. The van der Waals surface area contributed by atoms with Crippen molar-refractivity contribution in [2.75, 3.05) is 13.2 Å². The highest BCUT2D eigenvalue weighted by Gasteiger charge is 2.15. The molecule has 1 rings (SSSR count). The summed E-state index contributed by atoms with van der Waals surface area (Å²) in [7, 11) is 0. The number of unbranched alkanes of at least 4 members (excludes halogenated alkanes) is 12. The average molecular weight is 649 g/mol. The van der Waals surface area contributed by atoms with E-state index in [-0.39, 0.29) is 24.0 Å². The maximum Gasteiger partial charge on any atom is 0.306 e. The molecule has 0 saturated heterocycles. The Balaban J connectivity index is 2.24. The standard InChI is InChI=1S/C38H68N2O6/c1-4-6-8-9-16-24-36(41)44-31-19-12-10-14-22-35(46-38(43)25-17-18-29-40-30-28-39-33-40)23-15-11-13-20-32-45-37(42)27-26-34(3)21-7-5-2/h28,30,33-35H,4-27,29,31-32H2,1-3H3. The molecule has 0 fully saturated rings. The summed E-state index contributed by atoms with van der Waals surface area (Å²) in [6.45, 7) is 8.46. The zero-order valence-corrected chi connectivity index (χ0v) is 29.8. The van der Waals surface area contributed by atoms with Crippen molar-refractivity contribution in [2.24, 2.45) is 5.92 Å². The zero-order valence-electron chi connectivity index (χ0n) is 29.8. The summed E-state index contributed by atoms with van der Waals surface area (Å²) in [4.78, 5) is 40.6. The summed E-state index contributed by atoms with van der Waals surface area (Å²) >= 11 is 0. The molecule has 0 bridgehead atoms. The fourth-order valence-electron chi connectivity index (χ4n) is 5.60. The Kier molecular flexibility index (Phi) is 27.1. The highest BCUT2D eigenvalue weighted by molar-refractivity contribution is 5.70. The number of carbonyl (C=O) groups is 3. The van der Waals surface area contributed by atoms with Gasteiger partial charge in [-0.05, 0) is 70.1 Å². The first-order chi connectivity index (χ1) is 22.4. The van der Waals surface area contributed by atoms with Crippen LogP contribution < -0.4 is 0 Å². The van der Waals surface area contributed by atoms with Crippen molar-refractivity contribution in [3.63, 3.8) is 0 Å². The van der Waals surface area contributed by atoms with E-state index in [1.54, 1.807) is 12.5 Å². The number of imidazole rings is 1. The number of hydrogen-bond acceptors (Lipinski definition) is 7. The second kappa shape index (κ2) is 30.0. The van der Waals surface area contributed by atoms with Crippen LogP contribution in [0.4, 0.5) is 0 Å². The van der Waals surface area contributed by atoms with E-state index in [9.17, 15) is 14.4 Å². The van der Waals surface area contributed by atoms with Gasteiger partial charge in [-0.3, -0.25) is 14.4 Å². The quantitative estimate of drug-likeness (QED) is 0.0436. The van der Waals surface area contributed by atoms with E-state index < -0.39 is 0 Å². The Hall–Kier alpha value is -2.38. The zero-order chi connectivity index (χ0) is 33.5. The molecule has 1 heterocycles. The number of hydrogen-bond donors (Lipinski definition) is 0. The Morgan fingerprint density at radius 2 is 1.17 bits per heavy atom. The van der Waals surface area contributed by atoms with Gasteiger partial charge in [-0.25, -0.2) is 4.98 Å². The first-order valence-corrected chi connectivity index (χ1v) is 18.9. The van der Waals surface area contributed by atoms with Gasteiger partial charge >= 0.3 is 17.9 Å². The van der Waals surface area contributed by atoms with Crippen LogP contribution in [0.1, 0.15) is 175 Å². The molecule has 1 aromatic rings. The van der Waals surface area contributed by atoms with Crippen molar-refractivity contribution in [3.05, 3.63) is 18.7 Å². The lowest BCUT2D eigenvalue weighted by Crippen LogP contribution is -2.18. The smallest absolute Gasteiger partial charge is 0.306 e. The Bertz CT molecular complexity index is 859. The van der Waals surface area contributed by atoms with Gasteiger partial charge in [0.05, 0.1) is 19.5 Å². The van der Waals surface area contributed by atoms with E-state index in [1.165, 1.54) is 38.5 Å². The molecule has 0 radical (unpaired) electrons. The van der Waals surface area contributed by atoms with Gasteiger partial charge in [0.25, 0.3) is 0 Å². The van der Waals surface area contributed by atoms with Gasteiger partial charge in [0, 0.05) is 38.2 Å². The van der Waals surface area contributed by atoms with Crippen molar-refractivity contribution < 1.29 is 28.6 Å². The topological polar surface area (TPSA) is 96.7 Å². The van der Waals surface area contributed by atoms with E-state index in [0.717, 1.165) is 103 Å². The molecule has 0 saturated carbocycles. The first kappa shape index (κ1) is 41.6. The van der Waals surface area contributed by atoms with Gasteiger partial charge in [0.1, 0.15) is 6.10 Å². The van der Waals surface area contributed by atoms with Crippen LogP contribution in [0.25, 0.3) is 0 Å². The third-order valence-electron chi connectivity index (χ3n) is 8.65. The van der Waals surface area contributed by atoms with E-state index >= 15 is 0 Å². The fourth-order valence-corrected chi connectivity index (χ4v) is 5.60. The van der Waals surface area contributed by atoms with Gasteiger partial charge in [-0.15, -0.1) is 0 Å². The molecule has 8 nitrogen and oxygen atoms in total. The van der Waals surface area contributed by atoms with Crippen molar-refractivity contribution in [2.45, 2.75) is 188 Å². The van der Waals surface area contributed by atoms with Crippen LogP contribution in [0.3, 0.4) is 0 Å². The molecule has 0 aliphatic heterocycles. The number of carbonyl (C=O) groups excluding carboxylic acids is 3. The summed E-state index contributed by atoms with van der Waals surface area (Å²) < 4.78 is 18.8. The predicted molar refractivity (Wildman–Crippen MR) is 185 cm³/mol. The third-order valence-corrected chi connectivity index (χ3v) is 8.65. The van der Waals surface area contributed by atoms with Crippen molar-refractivity contribution >= 4 is 17.9 Å². The molecule has 0 amide bonds. The molecule has 2 atom stereocenters. The monoisotopic (exact) mass is 649 g/mol. The fraction of sp³-hybridized carbons (Fsp3) is 0.842. The molecule has 0 aromatic carbocycles. The summed E-state index contributed by atoms with van der Waals surface area (Å²) in [5, 5.41) is 0. The number of rotatable bonds is 32. The second-order valence-corrected chi connectivity index (χ2v) is 13.2. The highest BCUT2D eigenvalue weighted by atomic mass is 16.5. The molecule has 2 unspecified atom stereocenters. The van der Waals surface area contributed by atoms with Crippen LogP contribution in [-0.2, 0) is 35.1 Å². The minimum Gasteiger partial charge on any atom is -0.466 e. The van der Waals surface area contributed by atoms with Crippen LogP contribution in [0.2, 0.25) is 0 Å². The minimum atomic E-state index is -0.104. The molecular formula is C38H68N2O6. The molecule has 0 aliphatic rings. The minimum absolute atomic E-state index is 0.0563. The van der Waals surface area contributed by atoms with Crippen LogP contribution >= 0.6 is 0 Å². The van der Waals surface area contributed by atoms with E-state index in [1.807, 2.05) is 10.8 Å². The highest BCUT2D eigenvalue weighted by Crippen LogP contribution is 2.18. The van der Waals surface area contributed by atoms with Gasteiger partial charge in [-0.2, -0.15) is 0 Å². The Morgan fingerprint density at radius 3 is 1.80 bits per heavy atom. The van der Waals surface area contributed by atoms with Gasteiger partial charge < -0.3 is 18.8 Å². The lowest BCUT2D eigenvalue weighted by Gasteiger charge is -2.18. The third kappa shape index (κ3) is 25.8. The SMILES string of the molecule is CCCCCCCC(=O)OCCCCCCC(CCCCCCOC(=O)CCC(C)CCCC)OC(=O)CCCCn1ccnc1. The van der Waals surface area contributed by atoms with Crippen molar-refractivity contribution in [1.82, 2.24) is 9.55 Å².